The van der Waals surface area contributed by atoms with Crippen molar-refractivity contribution in [2.24, 2.45) is 5.92 Å². The van der Waals surface area contributed by atoms with E-state index in [0.29, 0.717) is 19.5 Å². The van der Waals surface area contributed by atoms with Gasteiger partial charge >= 0.3 is 0 Å². The highest BCUT2D eigenvalue weighted by molar-refractivity contribution is 6.01. The second kappa shape index (κ2) is 6.08. The van der Waals surface area contributed by atoms with Gasteiger partial charge in [-0.1, -0.05) is 25.1 Å². The number of rotatable bonds is 3. The normalized spacial score (nSPS) is 24.5. The van der Waals surface area contributed by atoms with E-state index in [0.717, 1.165) is 24.1 Å². The van der Waals surface area contributed by atoms with E-state index < -0.39 is 6.10 Å². The van der Waals surface area contributed by atoms with Crippen LogP contribution in [0, 0.1) is 5.92 Å². The predicted octanol–water partition coefficient (Wildman–Crippen LogP) is 1.20. The van der Waals surface area contributed by atoms with Crippen LogP contribution in [0.1, 0.15) is 25.3 Å². The second-order valence-electron chi connectivity index (χ2n) is 6.14. The molecule has 5 heteroatoms. The van der Waals surface area contributed by atoms with Crippen LogP contribution in [-0.2, 0) is 16.0 Å². The number of aliphatic hydroxyl groups is 1. The maximum atomic E-state index is 12.5. The topological polar surface area (TPSA) is 60.9 Å². The molecular formula is C17H22N2O3. The van der Waals surface area contributed by atoms with Gasteiger partial charge in [-0.15, -0.1) is 0 Å². The molecule has 2 amide bonds. The van der Waals surface area contributed by atoms with Gasteiger partial charge in [-0.25, -0.2) is 0 Å². The quantitative estimate of drug-likeness (QED) is 0.912. The summed E-state index contributed by atoms with van der Waals surface area (Å²) < 4.78 is 0. The average Bonchev–Trinajstić information content (AvgIpc) is 2.91. The summed E-state index contributed by atoms with van der Waals surface area (Å²) in [6, 6.07) is 7.75. The fraction of sp³-hybridized carbons (Fsp3) is 0.529. The van der Waals surface area contributed by atoms with Crippen LogP contribution in [0.15, 0.2) is 24.3 Å². The van der Waals surface area contributed by atoms with Gasteiger partial charge in [0.25, 0.3) is 0 Å². The number of anilines is 1. The molecule has 0 aliphatic carbocycles. The van der Waals surface area contributed by atoms with Crippen LogP contribution in [-0.4, -0.2) is 47.6 Å². The number of hydrogen-bond acceptors (Lipinski definition) is 3. The third-order valence-electron chi connectivity index (χ3n) is 4.77. The lowest BCUT2D eigenvalue weighted by Crippen LogP contribution is -2.44. The summed E-state index contributed by atoms with van der Waals surface area (Å²) in [4.78, 5) is 28.0. The molecular weight excluding hydrogens is 280 g/mol. The molecule has 0 saturated carbocycles. The van der Waals surface area contributed by atoms with E-state index in [4.69, 9.17) is 0 Å². The molecule has 2 unspecified atom stereocenters. The minimum atomic E-state index is -0.446. The van der Waals surface area contributed by atoms with Crippen LogP contribution >= 0.6 is 0 Å². The summed E-state index contributed by atoms with van der Waals surface area (Å²) in [7, 11) is 0. The van der Waals surface area contributed by atoms with Crippen LogP contribution in [0.4, 0.5) is 5.69 Å². The largest absolute Gasteiger partial charge is 0.391 e. The van der Waals surface area contributed by atoms with Gasteiger partial charge in [-0.05, 0) is 24.5 Å². The lowest BCUT2D eigenvalue weighted by Gasteiger charge is -2.30. The van der Waals surface area contributed by atoms with Crippen molar-refractivity contribution in [1.29, 1.82) is 0 Å². The maximum absolute atomic E-state index is 12.5. The molecule has 2 aliphatic heterocycles. The van der Waals surface area contributed by atoms with Crippen molar-refractivity contribution in [1.82, 2.24) is 4.90 Å². The molecule has 2 heterocycles. The predicted molar refractivity (Wildman–Crippen MR) is 83.5 cm³/mol. The third kappa shape index (κ3) is 2.73. The molecule has 0 spiro atoms. The van der Waals surface area contributed by atoms with E-state index >= 15 is 0 Å². The number of aliphatic hydroxyl groups excluding tert-OH is 1. The summed E-state index contributed by atoms with van der Waals surface area (Å²) in [6.07, 6.45) is 1.60. The minimum absolute atomic E-state index is 0.00108. The number of amides is 2. The summed E-state index contributed by atoms with van der Waals surface area (Å²) in [5, 5.41) is 9.95. The summed E-state index contributed by atoms with van der Waals surface area (Å²) in [6.45, 7) is 3.05. The van der Waals surface area contributed by atoms with E-state index in [2.05, 4.69) is 0 Å². The number of fused-ring (bicyclic) bond motifs is 1. The Morgan fingerprint density at radius 1 is 1.27 bits per heavy atom. The molecule has 22 heavy (non-hydrogen) atoms. The molecule has 1 fully saturated rings. The maximum Gasteiger partial charge on any atom is 0.242 e. The van der Waals surface area contributed by atoms with Gasteiger partial charge < -0.3 is 14.9 Å². The molecule has 2 aliphatic rings. The van der Waals surface area contributed by atoms with Crippen molar-refractivity contribution in [3.63, 3.8) is 0 Å². The first-order valence-corrected chi connectivity index (χ1v) is 7.94. The fourth-order valence-corrected chi connectivity index (χ4v) is 3.36. The lowest BCUT2D eigenvalue weighted by molar-refractivity contribution is -0.131. The van der Waals surface area contributed by atoms with Crippen LogP contribution in [0.3, 0.4) is 0 Å². The Balaban J connectivity index is 1.73. The highest BCUT2D eigenvalue weighted by Gasteiger charge is 2.34. The van der Waals surface area contributed by atoms with Crippen LogP contribution in [0.5, 0.6) is 0 Å². The number of benzene rings is 1. The summed E-state index contributed by atoms with van der Waals surface area (Å²) >= 11 is 0. The Kier molecular flexibility index (Phi) is 4.16. The number of likely N-dealkylation sites (tertiary alicyclic amines) is 1. The van der Waals surface area contributed by atoms with E-state index in [9.17, 15) is 14.7 Å². The molecule has 1 saturated heterocycles. The van der Waals surface area contributed by atoms with Crippen molar-refractivity contribution in [2.75, 3.05) is 24.5 Å². The average molecular weight is 302 g/mol. The Morgan fingerprint density at radius 2 is 2.05 bits per heavy atom. The third-order valence-corrected chi connectivity index (χ3v) is 4.77. The van der Waals surface area contributed by atoms with Gasteiger partial charge in [0, 0.05) is 31.1 Å². The van der Waals surface area contributed by atoms with Crippen LogP contribution in [0.2, 0.25) is 0 Å². The summed E-state index contributed by atoms with van der Waals surface area (Å²) in [5.41, 5.74) is 1.96. The molecule has 0 bridgehead atoms. The number of carbonyl (C=O) groups excluding carboxylic acids is 2. The Labute approximate surface area is 130 Å². The summed E-state index contributed by atoms with van der Waals surface area (Å²) in [5.74, 6) is 0.0622. The molecule has 3 rings (SSSR count). The molecule has 1 N–H and O–H groups in total. The molecule has 118 valence electrons. The zero-order chi connectivity index (χ0) is 15.7. The molecule has 0 radical (unpaired) electrons. The highest BCUT2D eigenvalue weighted by atomic mass is 16.3. The monoisotopic (exact) mass is 302 g/mol. The van der Waals surface area contributed by atoms with Crippen molar-refractivity contribution in [3.8, 4) is 0 Å². The van der Waals surface area contributed by atoms with Gasteiger partial charge in [-0.2, -0.15) is 0 Å². The Hall–Kier alpha value is -1.88. The van der Waals surface area contributed by atoms with E-state index in [1.165, 1.54) is 0 Å². The number of β-amino-alcohol motifs (C(OH)–C–C–N with tert-alkyl or cyclic N) is 1. The van der Waals surface area contributed by atoms with Gasteiger partial charge in [0.05, 0.1) is 6.10 Å². The van der Waals surface area contributed by atoms with Crippen molar-refractivity contribution in [3.05, 3.63) is 29.8 Å². The standard InChI is InChI=1S/C17H22N2O3/c1-2-12-9-18(10-15(12)20)17(22)11-19-14-6-4-3-5-13(14)7-8-16(19)21/h3-6,12,15,20H,2,7-11H2,1H3. The number of nitrogens with zero attached hydrogens (tertiary/aromatic N) is 2. The van der Waals surface area contributed by atoms with E-state index in [1.54, 1.807) is 9.80 Å². The van der Waals surface area contributed by atoms with Crippen LogP contribution in [0.25, 0.3) is 0 Å². The van der Waals surface area contributed by atoms with Gasteiger partial charge in [0.15, 0.2) is 0 Å². The number of aryl methyl sites for hydroxylation is 1. The number of hydrogen-bond donors (Lipinski definition) is 1. The zero-order valence-electron chi connectivity index (χ0n) is 12.9. The van der Waals surface area contributed by atoms with E-state index in [-0.39, 0.29) is 24.3 Å². The lowest BCUT2D eigenvalue weighted by atomic mass is 10.0. The first-order chi connectivity index (χ1) is 10.6. The first kappa shape index (κ1) is 15.0. The molecule has 0 aromatic heterocycles. The van der Waals surface area contributed by atoms with Gasteiger partial charge in [0.1, 0.15) is 6.54 Å². The molecule has 1 aromatic carbocycles. The fourth-order valence-electron chi connectivity index (χ4n) is 3.36. The van der Waals surface area contributed by atoms with Gasteiger partial charge in [0.2, 0.25) is 11.8 Å². The SMILES string of the molecule is CCC1CN(C(=O)CN2C(=O)CCc3ccccc32)CC1O. The minimum Gasteiger partial charge on any atom is -0.391 e. The van der Waals surface area contributed by atoms with Crippen molar-refractivity contribution in [2.45, 2.75) is 32.3 Å². The first-order valence-electron chi connectivity index (χ1n) is 7.94. The van der Waals surface area contributed by atoms with Crippen molar-refractivity contribution < 1.29 is 14.7 Å². The molecule has 1 aromatic rings. The van der Waals surface area contributed by atoms with Crippen molar-refractivity contribution >= 4 is 17.5 Å². The smallest absolute Gasteiger partial charge is 0.242 e. The molecule has 2 atom stereocenters. The van der Waals surface area contributed by atoms with E-state index in [1.807, 2.05) is 31.2 Å². The number of carbonyl (C=O) groups is 2. The Bertz CT molecular complexity index is 587. The zero-order valence-corrected chi connectivity index (χ0v) is 12.9. The Morgan fingerprint density at radius 3 is 2.77 bits per heavy atom. The van der Waals surface area contributed by atoms with Gasteiger partial charge in [-0.3, -0.25) is 9.59 Å². The number of para-hydroxylation sites is 1. The molecule has 5 nitrogen and oxygen atoms in total. The second-order valence-corrected chi connectivity index (χ2v) is 6.14. The van der Waals surface area contributed by atoms with Crippen LogP contribution < -0.4 is 4.90 Å². The highest BCUT2D eigenvalue weighted by Crippen LogP contribution is 2.28.